The molecule has 0 unspecified atom stereocenters. The molecule has 2 nitrogen and oxygen atoms in total. The van der Waals surface area contributed by atoms with Crippen LogP contribution in [0.5, 0.6) is 0 Å². The van der Waals surface area contributed by atoms with E-state index in [9.17, 15) is 0 Å². The first kappa shape index (κ1) is 14.3. The summed E-state index contributed by atoms with van der Waals surface area (Å²) in [7, 11) is 2.21. The fourth-order valence-corrected chi connectivity index (χ4v) is 3.27. The number of nitrogens with one attached hydrogen (secondary N) is 1. The molecule has 1 aliphatic heterocycles. The van der Waals surface area contributed by atoms with E-state index < -0.39 is 0 Å². The zero-order valence-electron chi connectivity index (χ0n) is 12.3. The Balaban J connectivity index is 2.18. The van der Waals surface area contributed by atoms with Gasteiger partial charge in [0, 0.05) is 18.5 Å². The topological polar surface area (TPSA) is 15.3 Å². The van der Waals surface area contributed by atoms with Gasteiger partial charge in [0.25, 0.3) is 0 Å². The van der Waals surface area contributed by atoms with Gasteiger partial charge in [-0.2, -0.15) is 0 Å². The number of nitrogens with zero attached hydrogens (tertiary/aromatic N) is 1. The lowest BCUT2D eigenvalue weighted by atomic mass is 9.73. The van der Waals surface area contributed by atoms with Gasteiger partial charge in [-0.05, 0) is 45.5 Å². The molecule has 0 bridgehead atoms. The summed E-state index contributed by atoms with van der Waals surface area (Å²) in [5.74, 6) is 0. The first-order valence-electron chi connectivity index (χ1n) is 7.22. The first-order valence-corrected chi connectivity index (χ1v) is 7.22. The number of piperidine rings is 1. The van der Waals surface area contributed by atoms with Gasteiger partial charge in [0.15, 0.2) is 0 Å². The molecule has 2 heteroatoms. The van der Waals surface area contributed by atoms with Crippen molar-refractivity contribution in [3.8, 4) is 0 Å². The van der Waals surface area contributed by atoms with Crippen LogP contribution in [-0.2, 0) is 5.41 Å². The number of benzene rings is 1. The fourth-order valence-electron chi connectivity index (χ4n) is 3.27. The summed E-state index contributed by atoms with van der Waals surface area (Å²) in [6.07, 6.45) is 2.44. The maximum Gasteiger partial charge on any atom is 0.0184 e. The molecular formula is C17H26N2. The molecular weight excluding hydrogens is 232 g/mol. The van der Waals surface area contributed by atoms with Crippen LogP contribution in [0.4, 0.5) is 0 Å². The second-order valence-electron chi connectivity index (χ2n) is 6.03. The van der Waals surface area contributed by atoms with Crippen LogP contribution < -0.4 is 5.32 Å². The van der Waals surface area contributed by atoms with Gasteiger partial charge in [-0.3, -0.25) is 0 Å². The lowest BCUT2D eigenvalue weighted by Gasteiger charge is -2.41. The van der Waals surface area contributed by atoms with Crippen LogP contribution in [0.1, 0.15) is 25.3 Å². The second-order valence-corrected chi connectivity index (χ2v) is 6.03. The van der Waals surface area contributed by atoms with Crippen LogP contribution in [-0.4, -0.2) is 38.1 Å². The first-order chi connectivity index (χ1) is 9.12. The van der Waals surface area contributed by atoms with Gasteiger partial charge in [0.1, 0.15) is 0 Å². The zero-order valence-corrected chi connectivity index (χ0v) is 12.3. The molecule has 1 heterocycles. The van der Waals surface area contributed by atoms with E-state index in [2.05, 4.69) is 61.1 Å². The van der Waals surface area contributed by atoms with Crippen LogP contribution in [0.15, 0.2) is 42.5 Å². The van der Waals surface area contributed by atoms with Gasteiger partial charge in [-0.1, -0.05) is 42.5 Å². The van der Waals surface area contributed by atoms with Crippen molar-refractivity contribution in [3.63, 3.8) is 0 Å². The lowest BCUT2D eigenvalue weighted by Crippen LogP contribution is -2.47. The van der Waals surface area contributed by atoms with Crippen molar-refractivity contribution in [3.05, 3.63) is 48.0 Å². The van der Waals surface area contributed by atoms with Gasteiger partial charge in [-0.15, -0.1) is 0 Å². The fraction of sp³-hybridized carbons (Fsp3) is 0.529. The van der Waals surface area contributed by atoms with Crippen LogP contribution in [0, 0.1) is 0 Å². The Labute approximate surface area is 117 Å². The molecule has 2 rings (SSSR count). The maximum absolute atomic E-state index is 4.03. The molecule has 1 N–H and O–H groups in total. The quantitative estimate of drug-likeness (QED) is 0.817. The molecule has 1 saturated heterocycles. The minimum atomic E-state index is 0.302. The molecule has 0 radical (unpaired) electrons. The Bertz CT molecular complexity index is 405. The van der Waals surface area contributed by atoms with Crippen LogP contribution in [0.3, 0.4) is 0 Å². The van der Waals surface area contributed by atoms with Crippen molar-refractivity contribution in [2.45, 2.75) is 25.2 Å². The van der Waals surface area contributed by atoms with Crippen molar-refractivity contribution in [1.29, 1.82) is 0 Å². The van der Waals surface area contributed by atoms with E-state index in [0.29, 0.717) is 5.41 Å². The molecule has 1 aromatic carbocycles. The SMILES string of the molecule is C=C(C)CN(C)CC1(c2ccccc2)CCNCC1. The van der Waals surface area contributed by atoms with E-state index >= 15 is 0 Å². The Morgan fingerprint density at radius 3 is 2.47 bits per heavy atom. The predicted molar refractivity (Wildman–Crippen MR) is 82.5 cm³/mol. The van der Waals surface area contributed by atoms with E-state index in [0.717, 1.165) is 26.2 Å². The number of likely N-dealkylation sites (N-methyl/N-ethyl adjacent to an activating group) is 1. The highest BCUT2D eigenvalue weighted by Crippen LogP contribution is 2.34. The van der Waals surface area contributed by atoms with E-state index in [4.69, 9.17) is 0 Å². The predicted octanol–water partition coefficient (Wildman–Crippen LogP) is 2.82. The van der Waals surface area contributed by atoms with Crippen molar-refractivity contribution in [2.75, 3.05) is 33.2 Å². The number of rotatable bonds is 5. The third-order valence-corrected chi connectivity index (χ3v) is 4.06. The summed E-state index contributed by atoms with van der Waals surface area (Å²) >= 11 is 0. The molecule has 19 heavy (non-hydrogen) atoms. The largest absolute Gasteiger partial charge is 0.317 e. The molecule has 1 fully saturated rings. The summed E-state index contributed by atoms with van der Waals surface area (Å²) in [5.41, 5.74) is 3.03. The lowest BCUT2D eigenvalue weighted by molar-refractivity contribution is 0.210. The third-order valence-electron chi connectivity index (χ3n) is 4.06. The maximum atomic E-state index is 4.03. The molecule has 1 aliphatic rings. The van der Waals surface area contributed by atoms with Crippen LogP contribution in [0.2, 0.25) is 0 Å². The summed E-state index contributed by atoms with van der Waals surface area (Å²) in [4.78, 5) is 2.42. The smallest absolute Gasteiger partial charge is 0.0184 e. The Morgan fingerprint density at radius 1 is 1.26 bits per heavy atom. The van der Waals surface area contributed by atoms with Gasteiger partial charge in [-0.25, -0.2) is 0 Å². The molecule has 0 aromatic heterocycles. The van der Waals surface area contributed by atoms with E-state index in [1.807, 2.05) is 0 Å². The molecule has 0 aliphatic carbocycles. The third kappa shape index (κ3) is 3.68. The van der Waals surface area contributed by atoms with Crippen LogP contribution >= 0.6 is 0 Å². The minimum absolute atomic E-state index is 0.302. The van der Waals surface area contributed by atoms with Crippen molar-refractivity contribution in [2.24, 2.45) is 0 Å². The number of hydrogen-bond acceptors (Lipinski definition) is 2. The van der Waals surface area contributed by atoms with E-state index in [1.54, 1.807) is 0 Å². The molecule has 0 saturated carbocycles. The monoisotopic (exact) mass is 258 g/mol. The second kappa shape index (κ2) is 6.36. The average molecular weight is 258 g/mol. The summed E-state index contributed by atoms with van der Waals surface area (Å²) in [6.45, 7) is 10.5. The van der Waals surface area contributed by atoms with E-state index in [-0.39, 0.29) is 0 Å². The van der Waals surface area contributed by atoms with Crippen LogP contribution in [0.25, 0.3) is 0 Å². The Morgan fingerprint density at radius 2 is 1.89 bits per heavy atom. The number of hydrogen-bond donors (Lipinski definition) is 1. The standard InChI is InChI=1S/C17H26N2/c1-15(2)13-19(3)14-17(9-11-18-12-10-17)16-7-5-4-6-8-16/h4-8,18H,1,9-14H2,2-3H3. The highest BCUT2D eigenvalue weighted by molar-refractivity contribution is 5.27. The van der Waals surface area contributed by atoms with Crippen molar-refractivity contribution in [1.82, 2.24) is 10.2 Å². The molecule has 0 atom stereocenters. The molecule has 0 spiro atoms. The van der Waals surface area contributed by atoms with Gasteiger partial charge in [0.2, 0.25) is 0 Å². The van der Waals surface area contributed by atoms with Crippen molar-refractivity contribution >= 4 is 0 Å². The summed E-state index contributed by atoms with van der Waals surface area (Å²) in [6, 6.07) is 11.0. The average Bonchev–Trinajstić information content (AvgIpc) is 2.40. The summed E-state index contributed by atoms with van der Waals surface area (Å²) < 4.78 is 0. The highest BCUT2D eigenvalue weighted by Gasteiger charge is 2.34. The normalized spacial score (nSPS) is 18.5. The molecule has 104 valence electrons. The molecule has 1 aromatic rings. The molecule has 0 amide bonds. The van der Waals surface area contributed by atoms with Gasteiger partial charge in [0.05, 0.1) is 0 Å². The van der Waals surface area contributed by atoms with Gasteiger partial charge < -0.3 is 10.2 Å². The Hall–Kier alpha value is -1.12. The van der Waals surface area contributed by atoms with Crippen molar-refractivity contribution < 1.29 is 0 Å². The highest BCUT2D eigenvalue weighted by atomic mass is 15.1. The Kier molecular flexibility index (Phi) is 4.78. The summed E-state index contributed by atoms with van der Waals surface area (Å²) in [5, 5.41) is 3.49. The minimum Gasteiger partial charge on any atom is -0.317 e. The van der Waals surface area contributed by atoms with E-state index in [1.165, 1.54) is 24.0 Å². The van der Waals surface area contributed by atoms with Gasteiger partial charge >= 0.3 is 0 Å². The zero-order chi connectivity index (χ0) is 13.7.